The van der Waals surface area contributed by atoms with E-state index in [1.54, 1.807) is 43.3 Å². The second-order valence-corrected chi connectivity index (χ2v) is 5.12. The molecule has 104 valence electrons. The van der Waals surface area contributed by atoms with E-state index in [0.29, 0.717) is 16.3 Å². The van der Waals surface area contributed by atoms with Crippen LogP contribution in [0, 0.1) is 6.92 Å². The monoisotopic (exact) mass is 289 g/mol. The number of anilines is 1. The van der Waals surface area contributed by atoms with Crippen LogP contribution in [0.2, 0.25) is 5.02 Å². The van der Waals surface area contributed by atoms with E-state index >= 15 is 0 Å². The Hall–Kier alpha value is -1.84. The van der Waals surface area contributed by atoms with Crippen molar-refractivity contribution in [3.8, 4) is 0 Å². The van der Waals surface area contributed by atoms with Crippen molar-refractivity contribution >= 4 is 23.2 Å². The van der Waals surface area contributed by atoms with E-state index in [0.717, 1.165) is 11.1 Å². The van der Waals surface area contributed by atoms with Gasteiger partial charge < -0.3 is 10.4 Å². The average molecular weight is 290 g/mol. The molecule has 0 saturated carbocycles. The number of halogens is 1. The van der Waals surface area contributed by atoms with E-state index in [2.05, 4.69) is 5.32 Å². The van der Waals surface area contributed by atoms with Gasteiger partial charge in [0.1, 0.15) is 0 Å². The van der Waals surface area contributed by atoms with Gasteiger partial charge in [-0.25, -0.2) is 0 Å². The van der Waals surface area contributed by atoms with Gasteiger partial charge >= 0.3 is 0 Å². The van der Waals surface area contributed by atoms with Gasteiger partial charge in [-0.1, -0.05) is 29.8 Å². The van der Waals surface area contributed by atoms with Crippen molar-refractivity contribution in [1.82, 2.24) is 0 Å². The lowest BCUT2D eigenvalue weighted by molar-refractivity contribution is 0.102. The van der Waals surface area contributed by atoms with Crippen molar-refractivity contribution in [2.45, 2.75) is 20.0 Å². The van der Waals surface area contributed by atoms with Crippen molar-refractivity contribution in [3.05, 3.63) is 64.2 Å². The summed E-state index contributed by atoms with van der Waals surface area (Å²) in [5.41, 5.74) is 2.93. The highest BCUT2D eigenvalue weighted by Crippen LogP contribution is 2.19. The number of hydrogen-bond acceptors (Lipinski definition) is 2. The highest BCUT2D eigenvalue weighted by Gasteiger charge is 2.08. The van der Waals surface area contributed by atoms with Gasteiger partial charge in [-0.05, 0) is 49.2 Å². The topological polar surface area (TPSA) is 49.3 Å². The molecule has 0 aliphatic heterocycles. The van der Waals surface area contributed by atoms with E-state index < -0.39 is 6.10 Å². The first kappa shape index (κ1) is 14.6. The predicted octanol–water partition coefficient (Wildman–Crippen LogP) is 3.95. The maximum Gasteiger partial charge on any atom is 0.255 e. The minimum absolute atomic E-state index is 0.211. The molecule has 1 atom stereocenters. The van der Waals surface area contributed by atoms with E-state index in [1.807, 2.05) is 13.0 Å². The van der Waals surface area contributed by atoms with E-state index in [4.69, 9.17) is 11.6 Å². The smallest absolute Gasteiger partial charge is 0.255 e. The third-order valence-corrected chi connectivity index (χ3v) is 3.49. The number of aliphatic hydroxyl groups is 1. The lowest BCUT2D eigenvalue weighted by atomic mass is 10.1. The summed E-state index contributed by atoms with van der Waals surface area (Å²) in [6, 6.07) is 12.3. The molecule has 0 saturated heterocycles. The Labute approximate surface area is 123 Å². The van der Waals surface area contributed by atoms with E-state index in [-0.39, 0.29) is 5.91 Å². The first-order valence-electron chi connectivity index (χ1n) is 6.33. The Kier molecular flexibility index (Phi) is 4.42. The van der Waals surface area contributed by atoms with Crippen molar-refractivity contribution < 1.29 is 9.90 Å². The maximum atomic E-state index is 12.1. The van der Waals surface area contributed by atoms with Crippen LogP contribution in [0.5, 0.6) is 0 Å². The Morgan fingerprint density at radius 3 is 2.40 bits per heavy atom. The molecule has 2 aromatic rings. The zero-order valence-corrected chi connectivity index (χ0v) is 12.1. The molecule has 20 heavy (non-hydrogen) atoms. The Balaban J connectivity index is 2.12. The molecule has 2 N–H and O–H groups in total. The molecule has 4 heteroatoms. The van der Waals surface area contributed by atoms with Gasteiger partial charge in [0.05, 0.1) is 6.10 Å². The molecule has 0 unspecified atom stereocenters. The second kappa shape index (κ2) is 6.07. The summed E-state index contributed by atoms with van der Waals surface area (Å²) in [5, 5.41) is 12.8. The van der Waals surface area contributed by atoms with Gasteiger partial charge in [-0.3, -0.25) is 4.79 Å². The van der Waals surface area contributed by atoms with Gasteiger partial charge in [0.15, 0.2) is 0 Å². The highest BCUT2D eigenvalue weighted by atomic mass is 35.5. The Morgan fingerprint density at radius 2 is 1.85 bits per heavy atom. The number of amides is 1. The van der Waals surface area contributed by atoms with Crippen LogP contribution in [0.1, 0.15) is 34.5 Å². The second-order valence-electron chi connectivity index (χ2n) is 4.72. The molecule has 0 fully saturated rings. The van der Waals surface area contributed by atoms with E-state index in [1.165, 1.54) is 0 Å². The molecule has 0 radical (unpaired) electrons. The van der Waals surface area contributed by atoms with Crippen LogP contribution in [0.15, 0.2) is 42.5 Å². The van der Waals surface area contributed by atoms with Crippen LogP contribution >= 0.6 is 11.6 Å². The molecule has 0 heterocycles. The normalized spacial score (nSPS) is 12.0. The summed E-state index contributed by atoms with van der Waals surface area (Å²) in [4.78, 5) is 12.1. The Morgan fingerprint density at radius 1 is 1.20 bits per heavy atom. The number of carbonyl (C=O) groups is 1. The molecule has 0 bridgehead atoms. The lowest BCUT2D eigenvalue weighted by Crippen LogP contribution is -2.12. The molecular weight excluding hydrogens is 274 g/mol. The minimum Gasteiger partial charge on any atom is -0.389 e. The van der Waals surface area contributed by atoms with Crippen molar-refractivity contribution in [2.75, 3.05) is 5.32 Å². The zero-order chi connectivity index (χ0) is 14.7. The van der Waals surface area contributed by atoms with Crippen molar-refractivity contribution in [1.29, 1.82) is 0 Å². The molecule has 2 aromatic carbocycles. The zero-order valence-electron chi connectivity index (χ0n) is 11.4. The molecular formula is C16H16ClNO2. The maximum absolute atomic E-state index is 12.1. The fraction of sp³-hybridized carbons (Fsp3) is 0.188. The summed E-state index contributed by atoms with van der Waals surface area (Å²) >= 11 is 6.01. The molecule has 0 aromatic heterocycles. The van der Waals surface area contributed by atoms with Gasteiger partial charge in [0.25, 0.3) is 5.91 Å². The third kappa shape index (κ3) is 3.38. The van der Waals surface area contributed by atoms with Crippen LogP contribution in [0.4, 0.5) is 5.69 Å². The molecule has 0 spiro atoms. The van der Waals surface area contributed by atoms with Gasteiger partial charge in [0.2, 0.25) is 0 Å². The summed E-state index contributed by atoms with van der Waals surface area (Å²) < 4.78 is 0. The third-order valence-electron chi connectivity index (χ3n) is 3.08. The first-order valence-corrected chi connectivity index (χ1v) is 6.70. The van der Waals surface area contributed by atoms with Crippen molar-refractivity contribution in [3.63, 3.8) is 0 Å². The molecule has 2 rings (SSSR count). The average Bonchev–Trinajstić information content (AvgIpc) is 2.42. The van der Waals surface area contributed by atoms with Crippen LogP contribution < -0.4 is 5.32 Å². The minimum atomic E-state index is -0.518. The molecule has 3 nitrogen and oxygen atoms in total. The van der Waals surface area contributed by atoms with Crippen LogP contribution in [-0.4, -0.2) is 11.0 Å². The fourth-order valence-corrected chi connectivity index (χ4v) is 1.96. The summed E-state index contributed by atoms with van der Waals surface area (Å²) in [5.74, 6) is -0.211. The summed E-state index contributed by atoms with van der Waals surface area (Å²) in [7, 11) is 0. The number of benzene rings is 2. The van der Waals surface area contributed by atoms with E-state index in [9.17, 15) is 9.90 Å². The van der Waals surface area contributed by atoms with Gasteiger partial charge in [-0.15, -0.1) is 0 Å². The fourth-order valence-electron chi connectivity index (χ4n) is 1.78. The number of rotatable bonds is 3. The molecule has 1 amide bonds. The number of hydrogen-bond donors (Lipinski definition) is 2. The summed E-state index contributed by atoms with van der Waals surface area (Å²) in [6.07, 6.45) is -0.518. The first-order chi connectivity index (χ1) is 9.47. The quantitative estimate of drug-likeness (QED) is 0.899. The van der Waals surface area contributed by atoms with Crippen LogP contribution in [0.3, 0.4) is 0 Å². The largest absolute Gasteiger partial charge is 0.389 e. The van der Waals surface area contributed by atoms with Crippen LogP contribution in [-0.2, 0) is 0 Å². The van der Waals surface area contributed by atoms with Gasteiger partial charge in [-0.2, -0.15) is 0 Å². The van der Waals surface area contributed by atoms with Crippen molar-refractivity contribution in [2.24, 2.45) is 0 Å². The number of aliphatic hydroxyl groups excluding tert-OH is 1. The predicted molar refractivity (Wildman–Crippen MR) is 81.2 cm³/mol. The summed E-state index contributed by atoms with van der Waals surface area (Å²) in [6.45, 7) is 3.58. The molecule has 0 aliphatic rings. The number of nitrogens with one attached hydrogen (secondary N) is 1. The standard InChI is InChI=1S/C16H16ClNO2/c1-10-3-4-13(9-15(10)17)16(20)18-14-7-5-12(6-8-14)11(2)19/h3-9,11,19H,1-2H3,(H,18,20)/t11-/m1/s1. The number of carbonyl (C=O) groups excluding carboxylic acids is 1. The Bertz CT molecular complexity index is 621. The number of aryl methyl sites for hydroxylation is 1. The SMILES string of the molecule is Cc1ccc(C(=O)Nc2ccc([C@@H](C)O)cc2)cc1Cl. The highest BCUT2D eigenvalue weighted by molar-refractivity contribution is 6.31. The lowest BCUT2D eigenvalue weighted by Gasteiger charge is -2.08. The van der Waals surface area contributed by atoms with Crippen LogP contribution in [0.25, 0.3) is 0 Å². The van der Waals surface area contributed by atoms with Gasteiger partial charge in [0, 0.05) is 16.3 Å². The molecule has 0 aliphatic carbocycles.